The Hall–Kier alpha value is -1.42. The van der Waals surface area contributed by atoms with Crippen molar-refractivity contribution < 1.29 is 4.79 Å². The van der Waals surface area contributed by atoms with Crippen LogP contribution in [0.4, 0.5) is 5.82 Å². The summed E-state index contributed by atoms with van der Waals surface area (Å²) in [5.41, 5.74) is 0.686. The number of anilines is 1. The zero-order chi connectivity index (χ0) is 13.0. The smallest absolute Gasteiger partial charge is 0.178 e. The van der Waals surface area contributed by atoms with Gasteiger partial charge in [-0.15, -0.1) is 0 Å². The molecule has 0 aromatic carbocycles. The molecule has 0 amide bonds. The van der Waals surface area contributed by atoms with Gasteiger partial charge in [0.05, 0.1) is 6.54 Å². The first-order chi connectivity index (χ1) is 8.66. The molecule has 0 unspecified atom stereocenters. The molecule has 0 atom stereocenters. The van der Waals surface area contributed by atoms with Gasteiger partial charge >= 0.3 is 0 Å². The van der Waals surface area contributed by atoms with E-state index in [4.69, 9.17) is 0 Å². The predicted octanol–water partition coefficient (Wildman–Crippen LogP) is 1.86. The summed E-state index contributed by atoms with van der Waals surface area (Å²) >= 11 is 0. The highest BCUT2D eigenvalue weighted by atomic mass is 16.1. The summed E-state index contributed by atoms with van der Waals surface area (Å²) in [7, 11) is 3.87. The van der Waals surface area contributed by atoms with Crippen molar-refractivity contribution in [2.45, 2.75) is 31.7 Å². The average Bonchev–Trinajstić information content (AvgIpc) is 2.89. The number of rotatable bonds is 5. The minimum absolute atomic E-state index is 0.125. The SMILES string of the molecule is CN(C)c1ccc(C(=O)CNC2CCCC2)cn1. The Bertz CT molecular complexity index is 394. The van der Waals surface area contributed by atoms with E-state index < -0.39 is 0 Å². The van der Waals surface area contributed by atoms with Crippen LogP contribution in [-0.2, 0) is 0 Å². The number of hydrogen-bond acceptors (Lipinski definition) is 4. The first-order valence-electron chi connectivity index (χ1n) is 6.57. The van der Waals surface area contributed by atoms with Crippen molar-refractivity contribution in [3.05, 3.63) is 23.9 Å². The quantitative estimate of drug-likeness (QED) is 0.807. The molecule has 0 saturated heterocycles. The van der Waals surface area contributed by atoms with Gasteiger partial charge in [-0.3, -0.25) is 4.79 Å². The van der Waals surface area contributed by atoms with Gasteiger partial charge in [-0.05, 0) is 25.0 Å². The van der Waals surface area contributed by atoms with E-state index in [-0.39, 0.29) is 5.78 Å². The Morgan fingerprint density at radius 1 is 1.39 bits per heavy atom. The van der Waals surface area contributed by atoms with Crippen molar-refractivity contribution in [3.63, 3.8) is 0 Å². The van der Waals surface area contributed by atoms with Crippen molar-refractivity contribution >= 4 is 11.6 Å². The number of pyridine rings is 1. The van der Waals surface area contributed by atoms with Gasteiger partial charge in [-0.1, -0.05) is 12.8 Å². The molecule has 1 fully saturated rings. The third-order valence-corrected chi connectivity index (χ3v) is 3.43. The Morgan fingerprint density at radius 3 is 2.67 bits per heavy atom. The lowest BCUT2D eigenvalue weighted by atomic mass is 10.1. The fraction of sp³-hybridized carbons (Fsp3) is 0.571. The lowest BCUT2D eigenvalue weighted by molar-refractivity contribution is 0.0987. The second-order valence-corrected chi connectivity index (χ2v) is 5.08. The Morgan fingerprint density at radius 2 is 2.11 bits per heavy atom. The van der Waals surface area contributed by atoms with E-state index in [0.717, 1.165) is 5.82 Å². The van der Waals surface area contributed by atoms with Gasteiger partial charge in [-0.25, -0.2) is 4.98 Å². The van der Waals surface area contributed by atoms with Gasteiger partial charge < -0.3 is 10.2 Å². The van der Waals surface area contributed by atoms with Gasteiger partial charge in [0.1, 0.15) is 5.82 Å². The molecule has 1 saturated carbocycles. The van der Waals surface area contributed by atoms with Crippen molar-refractivity contribution in [3.8, 4) is 0 Å². The van der Waals surface area contributed by atoms with E-state index in [1.165, 1.54) is 25.7 Å². The zero-order valence-corrected chi connectivity index (χ0v) is 11.1. The number of hydrogen-bond donors (Lipinski definition) is 1. The molecule has 0 radical (unpaired) electrons. The van der Waals surface area contributed by atoms with Crippen molar-refractivity contribution in [2.24, 2.45) is 0 Å². The minimum Gasteiger partial charge on any atom is -0.363 e. The van der Waals surface area contributed by atoms with E-state index in [1.54, 1.807) is 6.20 Å². The predicted molar refractivity (Wildman–Crippen MR) is 73.2 cm³/mol. The molecule has 0 bridgehead atoms. The van der Waals surface area contributed by atoms with Crippen LogP contribution in [0, 0.1) is 0 Å². The van der Waals surface area contributed by atoms with Crippen LogP contribution in [-0.4, -0.2) is 37.4 Å². The summed E-state index contributed by atoms with van der Waals surface area (Å²) in [6.07, 6.45) is 6.63. The number of aromatic nitrogens is 1. The largest absolute Gasteiger partial charge is 0.363 e. The summed E-state index contributed by atoms with van der Waals surface area (Å²) < 4.78 is 0. The third-order valence-electron chi connectivity index (χ3n) is 3.43. The fourth-order valence-corrected chi connectivity index (χ4v) is 2.28. The number of carbonyl (C=O) groups excluding carboxylic acids is 1. The average molecular weight is 247 g/mol. The summed E-state index contributed by atoms with van der Waals surface area (Å²) in [5, 5.41) is 3.33. The first kappa shape index (κ1) is 13.0. The zero-order valence-electron chi connectivity index (χ0n) is 11.1. The third kappa shape index (κ3) is 3.29. The molecule has 1 aromatic heterocycles. The summed E-state index contributed by atoms with van der Waals surface area (Å²) in [5.74, 6) is 0.995. The molecular weight excluding hydrogens is 226 g/mol. The van der Waals surface area contributed by atoms with Crippen molar-refractivity contribution in [1.29, 1.82) is 0 Å². The summed E-state index contributed by atoms with van der Waals surface area (Å²) in [6.45, 7) is 0.424. The van der Waals surface area contributed by atoms with Crippen LogP contribution in [0.2, 0.25) is 0 Å². The van der Waals surface area contributed by atoms with Gasteiger partial charge in [0.25, 0.3) is 0 Å². The number of nitrogens with one attached hydrogen (secondary N) is 1. The Balaban J connectivity index is 1.87. The van der Waals surface area contributed by atoms with Crippen LogP contribution in [0.1, 0.15) is 36.0 Å². The number of Topliss-reactive ketones (excluding diaryl/α,β-unsaturated/α-hetero) is 1. The minimum atomic E-state index is 0.125. The lowest BCUT2D eigenvalue weighted by Crippen LogP contribution is -2.31. The maximum atomic E-state index is 12.0. The number of nitrogens with zero attached hydrogens (tertiary/aromatic N) is 2. The van der Waals surface area contributed by atoms with Crippen LogP contribution in [0.25, 0.3) is 0 Å². The lowest BCUT2D eigenvalue weighted by Gasteiger charge is -2.12. The van der Waals surface area contributed by atoms with E-state index in [0.29, 0.717) is 18.2 Å². The van der Waals surface area contributed by atoms with Gasteiger partial charge in [0.15, 0.2) is 5.78 Å². The summed E-state index contributed by atoms with van der Waals surface area (Å²) in [6, 6.07) is 4.26. The van der Waals surface area contributed by atoms with E-state index in [1.807, 2.05) is 31.1 Å². The molecule has 1 aromatic rings. The van der Waals surface area contributed by atoms with Crippen molar-refractivity contribution in [1.82, 2.24) is 10.3 Å². The topological polar surface area (TPSA) is 45.2 Å². The summed E-state index contributed by atoms with van der Waals surface area (Å²) in [4.78, 5) is 18.1. The standard InChI is InChI=1S/C14H21N3O/c1-17(2)14-8-7-11(9-16-14)13(18)10-15-12-5-3-4-6-12/h7-9,12,15H,3-6,10H2,1-2H3. The van der Waals surface area contributed by atoms with Crippen LogP contribution >= 0.6 is 0 Å². The molecule has 2 rings (SSSR count). The molecule has 98 valence electrons. The van der Waals surface area contributed by atoms with Crippen molar-refractivity contribution in [2.75, 3.05) is 25.5 Å². The highest BCUT2D eigenvalue weighted by Gasteiger charge is 2.16. The molecule has 18 heavy (non-hydrogen) atoms. The normalized spacial score (nSPS) is 15.9. The molecule has 0 spiro atoms. The van der Waals surface area contributed by atoms with E-state index >= 15 is 0 Å². The molecule has 1 N–H and O–H groups in total. The number of carbonyl (C=O) groups is 1. The first-order valence-corrected chi connectivity index (χ1v) is 6.57. The van der Waals surface area contributed by atoms with E-state index in [9.17, 15) is 4.79 Å². The molecular formula is C14H21N3O. The second kappa shape index (κ2) is 5.96. The maximum absolute atomic E-state index is 12.0. The van der Waals surface area contributed by atoms with Crippen LogP contribution in [0.15, 0.2) is 18.3 Å². The fourth-order valence-electron chi connectivity index (χ4n) is 2.28. The van der Waals surface area contributed by atoms with Gasteiger partial charge in [-0.2, -0.15) is 0 Å². The van der Waals surface area contributed by atoms with Crippen LogP contribution in [0.3, 0.4) is 0 Å². The van der Waals surface area contributed by atoms with Gasteiger partial charge in [0.2, 0.25) is 0 Å². The Kier molecular flexibility index (Phi) is 4.31. The number of ketones is 1. The van der Waals surface area contributed by atoms with Crippen LogP contribution < -0.4 is 10.2 Å². The molecule has 4 heteroatoms. The van der Waals surface area contributed by atoms with Gasteiger partial charge in [0, 0.05) is 31.9 Å². The highest BCUT2D eigenvalue weighted by Crippen LogP contribution is 2.17. The van der Waals surface area contributed by atoms with Crippen LogP contribution in [0.5, 0.6) is 0 Å². The molecule has 0 aliphatic heterocycles. The van der Waals surface area contributed by atoms with E-state index in [2.05, 4.69) is 10.3 Å². The molecule has 4 nitrogen and oxygen atoms in total. The molecule has 1 aliphatic rings. The maximum Gasteiger partial charge on any atom is 0.178 e. The monoisotopic (exact) mass is 247 g/mol. The highest BCUT2D eigenvalue weighted by molar-refractivity contribution is 5.97. The molecule has 1 aliphatic carbocycles. The molecule has 1 heterocycles. The second-order valence-electron chi connectivity index (χ2n) is 5.08. The Labute approximate surface area is 108 Å².